The Bertz CT molecular complexity index is 1040. The summed E-state index contributed by atoms with van der Waals surface area (Å²) in [5.74, 6) is -0.0854. The van der Waals surface area contributed by atoms with Gasteiger partial charge in [0.25, 0.3) is 5.91 Å². The molecule has 2 aromatic carbocycles. The summed E-state index contributed by atoms with van der Waals surface area (Å²) in [6.07, 6.45) is 0. The van der Waals surface area contributed by atoms with Gasteiger partial charge < -0.3 is 19.8 Å². The van der Waals surface area contributed by atoms with E-state index in [0.717, 1.165) is 5.39 Å². The summed E-state index contributed by atoms with van der Waals surface area (Å²) in [6.45, 7) is 3.61. The summed E-state index contributed by atoms with van der Waals surface area (Å²) >= 11 is 5.21. The van der Waals surface area contributed by atoms with Gasteiger partial charge in [0.2, 0.25) is 5.91 Å². The molecule has 0 bridgehead atoms. The van der Waals surface area contributed by atoms with Crippen LogP contribution in [-0.2, 0) is 4.79 Å². The van der Waals surface area contributed by atoms with Crippen molar-refractivity contribution >= 4 is 51.5 Å². The van der Waals surface area contributed by atoms with Gasteiger partial charge in [0.15, 0.2) is 10.9 Å². The molecule has 7 nitrogen and oxygen atoms in total. The Balaban J connectivity index is 1.66. The zero-order chi connectivity index (χ0) is 21.0. The maximum absolute atomic E-state index is 12.4. The number of fused-ring (bicyclic) bond motifs is 1. The Hall–Kier alpha value is -3.39. The number of anilines is 2. The molecule has 2 amide bonds. The number of methoxy groups -OCH3 is 1. The lowest BCUT2D eigenvalue weighted by Gasteiger charge is -2.14. The van der Waals surface area contributed by atoms with Crippen LogP contribution in [0.2, 0.25) is 0 Å². The molecule has 1 heterocycles. The SMILES string of the molecule is COc1cc(NC(=S)NC(=O)c2cc3ccccc3o2)ccc1NC(=O)C(C)C. The van der Waals surface area contributed by atoms with Crippen molar-refractivity contribution in [1.82, 2.24) is 5.32 Å². The second-order valence-corrected chi connectivity index (χ2v) is 7.02. The van der Waals surface area contributed by atoms with E-state index in [2.05, 4.69) is 16.0 Å². The first-order valence-corrected chi connectivity index (χ1v) is 9.38. The van der Waals surface area contributed by atoms with Crippen LogP contribution in [0.25, 0.3) is 11.0 Å². The van der Waals surface area contributed by atoms with E-state index in [9.17, 15) is 9.59 Å². The van der Waals surface area contributed by atoms with E-state index in [-0.39, 0.29) is 22.7 Å². The normalized spacial score (nSPS) is 10.6. The van der Waals surface area contributed by atoms with Gasteiger partial charge in [-0.3, -0.25) is 14.9 Å². The quantitative estimate of drug-likeness (QED) is 0.546. The summed E-state index contributed by atoms with van der Waals surface area (Å²) in [5.41, 5.74) is 1.77. The molecule has 0 atom stereocenters. The minimum atomic E-state index is -0.452. The minimum Gasteiger partial charge on any atom is -0.494 e. The van der Waals surface area contributed by atoms with Crippen molar-refractivity contribution in [3.05, 3.63) is 54.3 Å². The third kappa shape index (κ3) is 4.91. The molecular weight excluding hydrogens is 390 g/mol. The fourth-order valence-corrected chi connectivity index (χ4v) is 2.78. The number of hydrogen-bond acceptors (Lipinski definition) is 5. The lowest BCUT2D eigenvalue weighted by Crippen LogP contribution is -2.33. The van der Waals surface area contributed by atoms with Crippen molar-refractivity contribution in [3.63, 3.8) is 0 Å². The number of carbonyl (C=O) groups is 2. The number of ether oxygens (including phenoxy) is 1. The summed E-state index contributed by atoms with van der Waals surface area (Å²) in [4.78, 5) is 24.3. The molecule has 0 unspecified atom stereocenters. The maximum atomic E-state index is 12.4. The molecule has 0 saturated carbocycles. The van der Waals surface area contributed by atoms with Crippen LogP contribution in [0.4, 0.5) is 11.4 Å². The molecule has 0 fully saturated rings. The summed E-state index contributed by atoms with van der Waals surface area (Å²) < 4.78 is 10.9. The van der Waals surface area contributed by atoms with Crippen molar-refractivity contribution in [1.29, 1.82) is 0 Å². The predicted octanol–water partition coefficient (Wildman–Crippen LogP) is 4.16. The highest BCUT2D eigenvalue weighted by Crippen LogP contribution is 2.28. The fourth-order valence-electron chi connectivity index (χ4n) is 2.57. The Labute approximate surface area is 173 Å². The molecule has 0 aliphatic carbocycles. The molecule has 1 aromatic heterocycles. The Morgan fingerprint density at radius 1 is 1.07 bits per heavy atom. The number of carbonyl (C=O) groups excluding carboxylic acids is 2. The second kappa shape index (κ2) is 8.74. The third-order valence-electron chi connectivity index (χ3n) is 4.12. The molecular formula is C21H21N3O4S. The van der Waals surface area contributed by atoms with Crippen LogP contribution in [0.15, 0.2) is 52.9 Å². The number of hydrogen-bond donors (Lipinski definition) is 3. The molecule has 3 aromatic rings. The van der Waals surface area contributed by atoms with Crippen LogP contribution in [0.1, 0.15) is 24.4 Å². The maximum Gasteiger partial charge on any atom is 0.293 e. The van der Waals surface area contributed by atoms with Crippen molar-refractivity contribution < 1.29 is 18.7 Å². The van der Waals surface area contributed by atoms with E-state index in [1.165, 1.54) is 7.11 Å². The summed E-state index contributed by atoms with van der Waals surface area (Å²) in [6, 6.07) is 14.1. The van der Waals surface area contributed by atoms with Gasteiger partial charge in [-0.25, -0.2) is 0 Å². The predicted molar refractivity (Wildman–Crippen MR) is 116 cm³/mol. The Morgan fingerprint density at radius 2 is 1.83 bits per heavy atom. The van der Waals surface area contributed by atoms with Gasteiger partial charge in [0.05, 0.1) is 12.8 Å². The Morgan fingerprint density at radius 3 is 2.52 bits per heavy atom. The first kappa shape index (κ1) is 20.3. The largest absolute Gasteiger partial charge is 0.494 e. The number of rotatable bonds is 5. The molecule has 29 heavy (non-hydrogen) atoms. The van der Waals surface area contributed by atoms with Gasteiger partial charge >= 0.3 is 0 Å². The fraction of sp³-hybridized carbons (Fsp3) is 0.190. The lowest BCUT2D eigenvalue weighted by molar-refractivity contribution is -0.118. The summed E-state index contributed by atoms with van der Waals surface area (Å²) in [7, 11) is 1.51. The monoisotopic (exact) mass is 411 g/mol. The van der Waals surface area contributed by atoms with Crippen LogP contribution in [-0.4, -0.2) is 24.0 Å². The molecule has 0 aliphatic heterocycles. The van der Waals surface area contributed by atoms with Crippen LogP contribution in [0.3, 0.4) is 0 Å². The van der Waals surface area contributed by atoms with Gasteiger partial charge in [-0.1, -0.05) is 32.0 Å². The number of nitrogens with one attached hydrogen (secondary N) is 3. The van der Waals surface area contributed by atoms with E-state index in [4.69, 9.17) is 21.4 Å². The molecule has 0 aliphatic rings. The van der Waals surface area contributed by atoms with Crippen molar-refractivity contribution in [2.24, 2.45) is 5.92 Å². The van der Waals surface area contributed by atoms with Gasteiger partial charge in [-0.15, -0.1) is 0 Å². The highest BCUT2D eigenvalue weighted by atomic mass is 32.1. The number of benzene rings is 2. The topological polar surface area (TPSA) is 92.6 Å². The first-order chi connectivity index (χ1) is 13.9. The van der Waals surface area contributed by atoms with E-state index in [1.807, 2.05) is 18.2 Å². The lowest BCUT2D eigenvalue weighted by atomic mass is 10.2. The van der Waals surface area contributed by atoms with Crippen LogP contribution in [0, 0.1) is 5.92 Å². The summed E-state index contributed by atoms with van der Waals surface area (Å²) in [5, 5.41) is 9.24. The molecule has 8 heteroatoms. The molecule has 3 rings (SSSR count). The van der Waals surface area contributed by atoms with Gasteiger partial charge in [-0.05, 0) is 36.5 Å². The van der Waals surface area contributed by atoms with Crippen molar-refractivity contribution in [2.45, 2.75) is 13.8 Å². The van der Waals surface area contributed by atoms with Crippen LogP contribution >= 0.6 is 12.2 Å². The molecule has 150 valence electrons. The highest BCUT2D eigenvalue weighted by Gasteiger charge is 2.15. The van der Waals surface area contributed by atoms with Crippen LogP contribution < -0.4 is 20.7 Å². The second-order valence-electron chi connectivity index (χ2n) is 6.62. The van der Waals surface area contributed by atoms with Gasteiger partial charge in [0.1, 0.15) is 11.3 Å². The van der Waals surface area contributed by atoms with E-state index in [0.29, 0.717) is 22.7 Å². The third-order valence-corrected chi connectivity index (χ3v) is 4.32. The molecule has 0 saturated heterocycles. The number of thiocarbonyl (C=S) groups is 1. The Kier molecular flexibility index (Phi) is 6.13. The molecule has 0 spiro atoms. The minimum absolute atomic E-state index is 0.108. The van der Waals surface area contributed by atoms with E-state index >= 15 is 0 Å². The molecule has 3 N–H and O–H groups in total. The van der Waals surface area contributed by atoms with E-state index in [1.54, 1.807) is 44.2 Å². The number of amides is 2. The number of para-hydroxylation sites is 1. The first-order valence-electron chi connectivity index (χ1n) is 8.97. The average Bonchev–Trinajstić information content (AvgIpc) is 3.13. The number of furan rings is 1. The molecule has 0 radical (unpaired) electrons. The van der Waals surface area contributed by atoms with Crippen LogP contribution in [0.5, 0.6) is 5.75 Å². The standard InChI is InChI=1S/C21H21N3O4S/c1-12(2)19(25)23-15-9-8-14(11-17(15)27-3)22-21(29)24-20(26)18-10-13-6-4-5-7-16(13)28-18/h4-12H,1-3H3,(H,23,25)(H2,22,24,26,29). The van der Waals surface area contributed by atoms with Gasteiger partial charge in [-0.2, -0.15) is 0 Å². The highest BCUT2D eigenvalue weighted by molar-refractivity contribution is 7.80. The van der Waals surface area contributed by atoms with Crippen molar-refractivity contribution in [3.8, 4) is 5.75 Å². The smallest absolute Gasteiger partial charge is 0.293 e. The zero-order valence-corrected chi connectivity index (χ0v) is 17.1. The van der Waals surface area contributed by atoms with Gasteiger partial charge in [0, 0.05) is 23.1 Å². The van der Waals surface area contributed by atoms with E-state index < -0.39 is 5.91 Å². The van der Waals surface area contributed by atoms with Crippen molar-refractivity contribution in [2.75, 3.05) is 17.7 Å². The zero-order valence-electron chi connectivity index (χ0n) is 16.2. The average molecular weight is 411 g/mol.